The van der Waals surface area contributed by atoms with Gasteiger partial charge in [-0.15, -0.1) is 0 Å². The maximum Gasteiger partial charge on any atom is 0.166 e. The second-order valence-electron chi connectivity index (χ2n) is 6.64. The topological polar surface area (TPSA) is 17.1 Å². The van der Waals surface area contributed by atoms with Crippen LogP contribution in [0.5, 0.6) is 0 Å². The number of ketones is 1. The molecule has 0 N–H and O–H groups in total. The fourth-order valence-electron chi connectivity index (χ4n) is 3.47. The van der Waals surface area contributed by atoms with Gasteiger partial charge >= 0.3 is 0 Å². The number of benzene rings is 1. The second kappa shape index (κ2) is 7.58. The van der Waals surface area contributed by atoms with E-state index in [4.69, 9.17) is 0 Å². The SMILES string of the molecule is CCCCC1CCC(C(=O)c2cc(C)c(Br)cc2C)CC1. The lowest BCUT2D eigenvalue weighted by molar-refractivity contribution is 0.0868. The zero-order chi connectivity index (χ0) is 15.4. The van der Waals surface area contributed by atoms with Crippen molar-refractivity contribution in [2.45, 2.75) is 65.7 Å². The molecule has 21 heavy (non-hydrogen) atoms. The van der Waals surface area contributed by atoms with E-state index in [1.54, 1.807) is 0 Å². The van der Waals surface area contributed by atoms with Crippen LogP contribution in [0.3, 0.4) is 0 Å². The molecule has 1 aromatic rings. The highest BCUT2D eigenvalue weighted by Crippen LogP contribution is 2.34. The molecule has 0 saturated heterocycles. The predicted molar refractivity (Wildman–Crippen MR) is 92.9 cm³/mol. The third-order valence-electron chi connectivity index (χ3n) is 4.95. The van der Waals surface area contributed by atoms with Crippen molar-refractivity contribution < 1.29 is 4.79 Å². The first-order chi connectivity index (χ1) is 10.0. The molecule has 2 heteroatoms. The molecule has 116 valence electrons. The van der Waals surface area contributed by atoms with Crippen molar-refractivity contribution in [3.05, 3.63) is 33.3 Å². The molecule has 0 bridgehead atoms. The first-order valence-corrected chi connectivity index (χ1v) is 9.13. The van der Waals surface area contributed by atoms with Crippen LogP contribution in [0, 0.1) is 25.7 Å². The Bertz CT molecular complexity index is 499. The van der Waals surface area contributed by atoms with Gasteiger partial charge in [0, 0.05) is 16.0 Å². The van der Waals surface area contributed by atoms with Crippen molar-refractivity contribution in [2.75, 3.05) is 0 Å². The summed E-state index contributed by atoms with van der Waals surface area (Å²) in [6.07, 6.45) is 8.64. The Kier molecular flexibility index (Phi) is 6.04. The average Bonchev–Trinajstić information content (AvgIpc) is 2.48. The molecule has 0 amide bonds. The van der Waals surface area contributed by atoms with Gasteiger partial charge in [0.25, 0.3) is 0 Å². The van der Waals surface area contributed by atoms with Gasteiger partial charge in [0.15, 0.2) is 5.78 Å². The largest absolute Gasteiger partial charge is 0.294 e. The van der Waals surface area contributed by atoms with Crippen LogP contribution in [0.15, 0.2) is 16.6 Å². The first kappa shape index (κ1) is 16.7. The van der Waals surface area contributed by atoms with Gasteiger partial charge in [0.05, 0.1) is 0 Å². The van der Waals surface area contributed by atoms with E-state index in [-0.39, 0.29) is 5.92 Å². The Labute approximate surface area is 137 Å². The van der Waals surface area contributed by atoms with Gasteiger partial charge in [-0.1, -0.05) is 42.1 Å². The van der Waals surface area contributed by atoms with Crippen LogP contribution in [0.2, 0.25) is 0 Å². The van der Waals surface area contributed by atoms with Gasteiger partial charge in [0.1, 0.15) is 0 Å². The lowest BCUT2D eigenvalue weighted by atomic mass is 9.76. The smallest absolute Gasteiger partial charge is 0.166 e. The van der Waals surface area contributed by atoms with Crippen LogP contribution in [0.25, 0.3) is 0 Å². The number of hydrogen-bond acceptors (Lipinski definition) is 1. The van der Waals surface area contributed by atoms with Crippen molar-refractivity contribution >= 4 is 21.7 Å². The minimum atomic E-state index is 0.252. The van der Waals surface area contributed by atoms with E-state index in [2.05, 4.69) is 41.9 Å². The van der Waals surface area contributed by atoms with Crippen molar-refractivity contribution in [3.63, 3.8) is 0 Å². The highest BCUT2D eigenvalue weighted by molar-refractivity contribution is 9.10. The fraction of sp³-hybridized carbons (Fsp3) is 0.632. The van der Waals surface area contributed by atoms with Crippen LogP contribution in [-0.2, 0) is 0 Å². The molecule has 1 fully saturated rings. The highest BCUT2D eigenvalue weighted by Gasteiger charge is 2.27. The van der Waals surface area contributed by atoms with Crippen LogP contribution >= 0.6 is 15.9 Å². The zero-order valence-electron chi connectivity index (χ0n) is 13.5. The summed E-state index contributed by atoms with van der Waals surface area (Å²) in [4.78, 5) is 12.8. The average molecular weight is 351 g/mol. The number of hydrogen-bond donors (Lipinski definition) is 0. The predicted octanol–water partition coefficient (Wildman–Crippen LogP) is 6.25. The monoisotopic (exact) mass is 350 g/mol. The highest BCUT2D eigenvalue weighted by atomic mass is 79.9. The van der Waals surface area contributed by atoms with Crippen LogP contribution < -0.4 is 0 Å². The summed E-state index contributed by atoms with van der Waals surface area (Å²) < 4.78 is 1.10. The molecule has 0 heterocycles. The molecule has 1 nitrogen and oxygen atoms in total. The fourth-order valence-corrected chi connectivity index (χ4v) is 3.93. The summed E-state index contributed by atoms with van der Waals surface area (Å²) in [6.45, 7) is 6.36. The number of rotatable bonds is 5. The molecule has 1 aliphatic rings. The van der Waals surface area contributed by atoms with Gasteiger partial charge in [-0.3, -0.25) is 4.79 Å². The van der Waals surface area contributed by atoms with E-state index >= 15 is 0 Å². The van der Waals surface area contributed by atoms with Crippen LogP contribution in [0.4, 0.5) is 0 Å². The molecule has 0 unspecified atom stereocenters. The molecule has 0 aliphatic heterocycles. The number of aryl methyl sites for hydroxylation is 2. The Morgan fingerprint density at radius 2 is 1.81 bits per heavy atom. The summed E-state index contributed by atoms with van der Waals surface area (Å²) in [5.74, 6) is 1.49. The minimum absolute atomic E-state index is 0.252. The lowest BCUT2D eigenvalue weighted by Gasteiger charge is -2.28. The maximum absolute atomic E-state index is 12.8. The number of Topliss-reactive ketones (excluding diaryl/α,β-unsaturated/α-hetero) is 1. The normalized spacial score (nSPS) is 22.3. The first-order valence-electron chi connectivity index (χ1n) is 8.33. The van der Waals surface area contributed by atoms with E-state index < -0.39 is 0 Å². The Morgan fingerprint density at radius 3 is 2.43 bits per heavy atom. The van der Waals surface area contributed by atoms with E-state index in [0.29, 0.717) is 5.78 Å². The summed E-state index contributed by atoms with van der Waals surface area (Å²) in [5, 5.41) is 0. The van der Waals surface area contributed by atoms with Gasteiger partial charge in [0.2, 0.25) is 0 Å². The maximum atomic E-state index is 12.8. The summed E-state index contributed by atoms with van der Waals surface area (Å²) in [7, 11) is 0. The van der Waals surface area contributed by atoms with Gasteiger partial charge in [-0.2, -0.15) is 0 Å². The molecule has 1 aliphatic carbocycles. The van der Waals surface area contributed by atoms with Crippen molar-refractivity contribution in [2.24, 2.45) is 11.8 Å². The second-order valence-corrected chi connectivity index (χ2v) is 7.49. The molecule has 0 atom stereocenters. The third kappa shape index (κ3) is 4.18. The van der Waals surface area contributed by atoms with Crippen molar-refractivity contribution in [1.82, 2.24) is 0 Å². The molecule has 0 spiro atoms. The summed E-state index contributed by atoms with van der Waals surface area (Å²) in [6, 6.07) is 4.14. The van der Waals surface area contributed by atoms with E-state index in [9.17, 15) is 4.79 Å². The van der Waals surface area contributed by atoms with Gasteiger partial charge in [-0.05, 0) is 68.7 Å². The number of halogens is 1. The molecular weight excluding hydrogens is 324 g/mol. The Balaban J connectivity index is 2.00. The Morgan fingerprint density at radius 1 is 1.14 bits per heavy atom. The molecular formula is C19H27BrO. The van der Waals surface area contributed by atoms with Crippen molar-refractivity contribution in [3.8, 4) is 0 Å². The van der Waals surface area contributed by atoms with Gasteiger partial charge in [-0.25, -0.2) is 0 Å². The molecule has 1 saturated carbocycles. The minimum Gasteiger partial charge on any atom is -0.294 e. The zero-order valence-corrected chi connectivity index (χ0v) is 15.1. The number of unbranched alkanes of at least 4 members (excludes halogenated alkanes) is 1. The summed E-state index contributed by atoms with van der Waals surface area (Å²) in [5.41, 5.74) is 3.19. The molecule has 1 aromatic carbocycles. The van der Waals surface area contributed by atoms with Gasteiger partial charge < -0.3 is 0 Å². The van der Waals surface area contributed by atoms with Crippen LogP contribution in [0.1, 0.15) is 73.4 Å². The van der Waals surface area contributed by atoms with E-state index in [1.807, 2.05) is 6.92 Å². The molecule has 0 radical (unpaired) electrons. The number of carbonyl (C=O) groups is 1. The van der Waals surface area contributed by atoms with E-state index in [1.165, 1.54) is 32.1 Å². The lowest BCUT2D eigenvalue weighted by Crippen LogP contribution is -2.22. The van der Waals surface area contributed by atoms with Crippen LogP contribution in [-0.4, -0.2) is 5.78 Å². The Hall–Kier alpha value is -0.630. The van der Waals surface area contributed by atoms with E-state index in [0.717, 1.165) is 39.9 Å². The third-order valence-corrected chi connectivity index (χ3v) is 5.81. The quantitative estimate of drug-likeness (QED) is 0.574. The van der Waals surface area contributed by atoms with Crippen molar-refractivity contribution in [1.29, 1.82) is 0 Å². The molecule has 0 aromatic heterocycles. The summed E-state index contributed by atoms with van der Waals surface area (Å²) >= 11 is 3.55. The standard InChI is InChI=1S/C19H27BrO/c1-4-5-6-15-7-9-16(10-8-15)19(21)17-11-14(3)18(20)12-13(17)2/h11-12,15-16H,4-10H2,1-3H3. The molecule has 2 rings (SSSR count). The number of carbonyl (C=O) groups excluding carboxylic acids is 1.